The number of aldehydes is 1. The van der Waals surface area contributed by atoms with Gasteiger partial charge in [-0.25, -0.2) is 0 Å². The van der Waals surface area contributed by atoms with Crippen molar-refractivity contribution in [1.82, 2.24) is 15.8 Å². The Morgan fingerprint density at radius 2 is 1.88 bits per heavy atom. The van der Waals surface area contributed by atoms with Crippen molar-refractivity contribution in [3.8, 4) is 33.9 Å². The fraction of sp³-hybridized carbons (Fsp3) is 0.312. The Kier molecular flexibility index (Phi) is 12.9. The van der Waals surface area contributed by atoms with E-state index in [1.807, 2.05) is 6.92 Å². The molecule has 3 aromatic rings. The van der Waals surface area contributed by atoms with Crippen molar-refractivity contribution in [2.24, 2.45) is 4.99 Å². The third-order valence-electron chi connectivity index (χ3n) is 6.46. The monoisotopic (exact) mass is 592 g/mol. The van der Waals surface area contributed by atoms with Crippen LogP contribution in [0.25, 0.3) is 28.5 Å². The van der Waals surface area contributed by atoms with Crippen molar-refractivity contribution >= 4 is 36.6 Å². The molecular formula is C32H37ClN4O5. The molecule has 0 saturated carbocycles. The summed E-state index contributed by atoms with van der Waals surface area (Å²) in [4.78, 5) is 27.1. The zero-order valence-electron chi connectivity index (χ0n) is 23.8. The van der Waals surface area contributed by atoms with Crippen LogP contribution in [0.15, 0.2) is 64.4 Å². The van der Waals surface area contributed by atoms with Gasteiger partial charge in [0.2, 0.25) is 0 Å². The molecule has 0 saturated heterocycles. The number of unbranched alkanes of at least 4 members (excludes halogenated alkanes) is 5. The lowest BCUT2D eigenvalue weighted by molar-refractivity contribution is -0.107. The highest BCUT2D eigenvalue weighted by atomic mass is 35.5. The first kappa shape index (κ1) is 32.1. The molecule has 1 amide bonds. The van der Waals surface area contributed by atoms with Gasteiger partial charge in [0.25, 0.3) is 5.91 Å². The Morgan fingerprint density at radius 1 is 1.14 bits per heavy atom. The van der Waals surface area contributed by atoms with Gasteiger partial charge in [0.15, 0.2) is 11.5 Å². The van der Waals surface area contributed by atoms with Crippen LogP contribution < -0.4 is 15.4 Å². The molecule has 0 unspecified atom stereocenters. The summed E-state index contributed by atoms with van der Waals surface area (Å²) in [6, 6.07) is 10.2. The lowest BCUT2D eigenvalue weighted by atomic mass is 9.97. The molecule has 2 aromatic carbocycles. The van der Waals surface area contributed by atoms with Crippen molar-refractivity contribution in [2.75, 3.05) is 19.7 Å². The van der Waals surface area contributed by atoms with Crippen LogP contribution in [0.3, 0.4) is 0 Å². The van der Waals surface area contributed by atoms with Gasteiger partial charge in [0.1, 0.15) is 24.4 Å². The van der Waals surface area contributed by atoms with Gasteiger partial charge in [-0.15, -0.1) is 0 Å². The van der Waals surface area contributed by atoms with E-state index >= 15 is 0 Å². The number of aliphatic imine (C=N–C) groups is 1. The number of nitrogens with one attached hydrogen (secondary N) is 2. The maximum atomic E-state index is 12.8. The highest BCUT2D eigenvalue weighted by molar-refractivity contribution is 6.32. The summed E-state index contributed by atoms with van der Waals surface area (Å²) in [5, 5.41) is 21.2. The predicted octanol–water partition coefficient (Wildman–Crippen LogP) is 6.81. The zero-order valence-corrected chi connectivity index (χ0v) is 24.6. The molecule has 9 nitrogen and oxygen atoms in total. The molecule has 0 aliphatic carbocycles. The fourth-order valence-electron chi connectivity index (χ4n) is 4.31. The SMILES string of the molecule is C=Cc1cc(O)c(-c2onc(C(=O)NCC)c2-c2ccc(OC/C(=C/N=C)NCCCCCCCC=O)cc2)cc1Cl. The van der Waals surface area contributed by atoms with Crippen LogP contribution in [0.5, 0.6) is 11.5 Å². The molecule has 0 fully saturated rings. The third kappa shape index (κ3) is 8.81. The molecule has 1 aromatic heterocycles. The van der Waals surface area contributed by atoms with E-state index in [1.165, 1.54) is 12.1 Å². The Hall–Kier alpha value is -4.37. The second-order valence-corrected chi connectivity index (χ2v) is 9.90. The number of hydrogen-bond donors (Lipinski definition) is 3. The third-order valence-corrected chi connectivity index (χ3v) is 6.79. The van der Waals surface area contributed by atoms with Crippen LogP contribution in [-0.4, -0.2) is 48.9 Å². The molecule has 0 spiro atoms. The van der Waals surface area contributed by atoms with E-state index in [9.17, 15) is 14.7 Å². The lowest BCUT2D eigenvalue weighted by Crippen LogP contribution is -2.23. The lowest BCUT2D eigenvalue weighted by Gasteiger charge is -2.13. The highest BCUT2D eigenvalue weighted by Crippen LogP contribution is 2.41. The summed E-state index contributed by atoms with van der Waals surface area (Å²) in [5.41, 5.74) is 2.78. The molecule has 10 heteroatoms. The molecule has 0 atom stereocenters. The molecule has 222 valence electrons. The number of aromatic hydroxyl groups is 1. The van der Waals surface area contributed by atoms with Crippen LogP contribution in [0.1, 0.15) is 61.5 Å². The largest absolute Gasteiger partial charge is 0.507 e. The maximum absolute atomic E-state index is 12.8. The average Bonchev–Trinajstić information content (AvgIpc) is 3.43. The normalized spacial score (nSPS) is 11.1. The maximum Gasteiger partial charge on any atom is 0.274 e. The number of phenols is 1. The molecule has 1 heterocycles. The van der Waals surface area contributed by atoms with Gasteiger partial charge in [-0.3, -0.25) is 9.79 Å². The van der Waals surface area contributed by atoms with Crippen LogP contribution in [0, 0.1) is 0 Å². The quantitative estimate of drug-likeness (QED) is 0.0841. The number of carbonyl (C=O) groups is 2. The van der Waals surface area contributed by atoms with Gasteiger partial charge in [-0.2, -0.15) is 0 Å². The van der Waals surface area contributed by atoms with E-state index in [-0.39, 0.29) is 23.8 Å². The first-order chi connectivity index (χ1) is 20.4. The minimum Gasteiger partial charge on any atom is -0.507 e. The Bertz CT molecular complexity index is 1400. The standard InChI is InChI=1S/C32H37ClN4O5/c1-4-22-18-28(39)26(19-27(22)33)31-29(30(37-42-31)32(40)35-5-2)23-12-14-25(15-13-23)41-21-24(20-34-3)36-16-10-8-6-7-9-11-17-38/h4,12-15,17-20,36,39H,1,3,5-11,16,21H2,2H3,(H,35,40)/b24-20-. The van der Waals surface area contributed by atoms with Crippen molar-refractivity contribution in [2.45, 2.75) is 45.4 Å². The number of carbonyl (C=O) groups excluding carboxylic acids is 2. The second kappa shape index (κ2) is 16.8. The molecule has 3 N–H and O–H groups in total. The van der Waals surface area contributed by atoms with Gasteiger partial charge in [0, 0.05) is 30.7 Å². The van der Waals surface area contributed by atoms with E-state index in [1.54, 1.807) is 36.5 Å². The number of halogens is 1. The van der Waals surface area contributed by atoms with Crippen LogP contribution >= 0.6 is 11.6 Å². The summed E-state index contributed by atoms with van der Waals surface area (Å²) in [6.45, 7) is 10.5. The van der Waals surface area contributed by atoms with Gasteiger partial charge in [-0.05, 0) is 61.9 Å². The summed E-state index contributed by atoms with van der Waals surface area (Å²) < 4.78 is 11.6. The Balaban J connectivity index is 1.74. The average molecular weight is 593 g/mol. The molecule has 0 bridgehead atoms. The molecular weight excluding hydrogens is 556 g/mol. The summed E-state index contributed by atoms with van der Waals surface area (Å²) >= 11 is 6.37. The van der Waals surface area contributed by atoms with Gasteiger partial charge >= 0.3 is 0 Å². The van der Waals surface area contributed by atoms with Crippen molar-refractivity contribution in [1.29, 1.82) is 0 Å². The number of phenolic OH excluding ortho intramolecular Hbond substituents is 1. The molecule has 0 aliphatic heterocycles. The number of amides is 1. The first-order valence-corrected chi connectivity index (χ1v) is 14.3. The number of aromatic nitrogens is 1. The minimum absolute atomic E-state index is 0.0825. The van der Waals surface area contributed by atoms with E-state index in [2.05, 4.69) is 34.1 Å². The Morgan fingerprint density at radius 3 is 2.57 bits per heavy atom. The van der Waals surface area contributed by atoms with E-state index < -0.39 is 5.91 Å². The molecule has 3 rings (SSSR count). The molecule has 0 aliphatic rings. The van der Waals surface area contributed by atoms with Gasteiger partial charge in [0.05, 0.1) is 16.8 Å². The van der Waals surface area contributed by atoms with E-state index in [0.717, 1.165) is 50.6 Å². The van der Waals surface area contributed by atoms with Crippen LogP contribution in [0.2, 0.25) is 5.02 Å². The van der Waals surface area contributed by atoms with Crippen LogP contribution in [-0.2, 0) is 4.79 Å². The predicted molar refractivity (Wildman–Crippen MR) is 167 cm³/mol. The number of benzene rings is 2. The minimum atomic E-state index is -0.408. The number of hydrogen-bond acceptors (Lipinski definition) is 8. The summed E-state index contributed by atoms with van der Waals surface area (Å²) in [5.74, 6) is 0.309. The van der Waals surface area contributed by atoms with Crippen molar-refractivity contribution in [3.05, 3.63) is 71.2 Å². The molecule has 0 radical (unpaired) electrons. The van der Waals surface area contributed by atoms with Gasteiger partial charge < -0.3 is 29.8 Å². The first-order valence-electron chi connectivity index (χ1n) is 13.9. The van der Waals surface area contributed by atoms with E-state index in [0.29, 0.717) is 46.0 Å². The fourth-order valence-corrected chi connectivity index (χ4v) is 4.55. The smallest absolute Gasteiger partial charge is 0.274 e. The van der Waals surface area contributed by atoms with Crippen molar-refractivity contribution < 1.29 is 24.0 Å². The number of nitrogens with zero attached hydrogens (tertiary/aromatic N) is 2. The zero-order chi connectivity index (χ0) is 30.3. The molecule has 42 heavy (non-hydrogen) atoms. The highest BCUT2D eigenvalue weighted by Gasteiger charge is 2.26. The van der Waals surface area contributed by atoms with E-state index in [4.69, 9.17) is 20.9 Å². The summed E-state index contributed by atoms with van der Waals surface area (Å²) in [7, 11) is 0. The Labute approximate surface area is 251 Å². The number of ether oxygens (including phenoxy) is 1. The van der Waals surface area contributed by atoms with Crippen LogP contribution in [0.4, 0.5) is 0 Å². The van der Waals surface area contributed by atoms with Gasteiger partial charge in [-0.1, -0.05) is 60.8 Å². The summed E-state index contributed by atoms with van der Waals surface area (Å²) in [6.07, 6.45) is 9.95. The second-order valence-electron chi connectivity index (χ2n) is 9.49. The van der Waals surface area contributed by atoms with Crippen molar-refractivity contribution in [3.63, 3.8) is 0 Å². The number of rotatable bonds is 18. The topological polar surface area (TPSA) is 126 Å².